The van der Waals surface area contributed by atoms with Gasteiger partial charge in [-0.2, -0.15) is 0 Å². The second-order valence-corrected chi connectivity index (χ2v) is 3.02. The zero-order valence-electron chi connectivity index (χ0n) is 8.77. The van der Waals surface area contributed by atoms with Gasteiger partial charge in [-0.05, 0) is 30.8 Å². The zero-order chi connectivity index (χ0) is 10.9. The first-order valence-corrected chi connectivity index (χ1v) is 4.86. The number of nitrogens with one attached hydrogen (secondary N) is 1. The number of carbonyl (C=O) groups excluding carboxylic acids is 1. The molecule has 0 amide bonds. The molecule has 0 saturated heterocycles. The van der Waals surface area contributed by atoms with Crippen LogP contribution in [-0.4, -0.2) is 26.5 Å². The van der Waals surface area contributed by atoms with E-state index < -0.39 is 0 Å². The Morgan fingerprint density at radius 3 is 2.67 bits per heavy atom. The number of benzene rings is 1. The molecule has 1 aromatic rings. The zero-order valence-corrected chi connectivity index (χ0v) is 8.77. The van der Waals surface area contributed by atoms with Crippen LogP contribution in [0.25, 0.3) is 6.08 Å². The van der Waals surface area contributed by atoms with Crippen molar-refractivity contribution in [2.75, 3.05) is 20.2 Å². The predicted molar refractivity (Wildman–Crippen MR) is 61.0 cm³/mol. The van der Waals surface area contributed by atoms with Crippen LogP contribution in [0.2, 0.25) is 0 Å². The average molecular weight is 205 g/mol. The smallest absolute Gasteiger partial charge is 0.142 e. The van der Waals surface area contributed by atoms with Crippen molar-refractivity contribution >= 4 is 12.4 Å². The summed E-state index contributed by atoms with van der Waals surface area (Å²) in [6, 6.07) is 7.60. The summed E-state index contributed by atoms with van der Waals surface area (Å²) in [6.07, 6.45) is 3.98. The number of ether oxygens (including phenoxy) is 1. The van der Waals surface area contributed by atoms with Crippen LogP contribution in [0.5, 0.6) is 5.75 Å². The van der Waals surface area contributed by atoms with Crippen LogP contribution in [0.3, 0.4) is 0 Å². The first-order chi connectivity index (χ1) is 7.36. The Kier molecular flexibility index (Phi) is 5.19. The SMILES string of the molecule is CNCCOc1ccc(C=CC=O)cc1. The van der Waals surface area contributed by atoms with Gasteiger partial charge in [0.15, 0.2) is 0 Å². The van der Waals surface area contributed by atoms with Crippen molar-refractivity contribution in [3.8, 4) is 5.75 Å². The second kappa shape index (κ2) is 6.79. The van der Waals surface area contributed by atoms with E-state index in [9.17, 15) is 4.79 Å². The number of likely N-dealkylation sites (N-methyl/N-ethyl adjacent to an activating group) is 1. The molecule has 0 aliphatic rings. The molecule has 0 heterocycles. The van der Waals surface area contributed by atoms with Gasteiger partial charge in [0.1, 0.15) is 18.6 Å². The summed E-state index contributed by atoms with van der Waals surface area (Å²) in [5, 5.41) is 3.00. The normalized spacial score (nSPS) is 10.5. The Bertz CT molecular complexity index is 317. The number of hydrogen-bond acceptors (Lipinski definition) is 3. The van der Waals surface area contributed by atoms with Gasteiger partial charge in [0.05, 0.1) is 0 Å². The molecule has 0 aliphatic heterocycles. The van der Waals surface area contributed by atoms with Gasteiger partial charge in [-0.1, -0.05) is 18.2 Å². The highest BCUT2D eigenvalue weighted by Gasteiger charge is 1.92. The van der Waals surface area contributed by atoms with E-state index in [2.05, 4.69) is 5.32 Å². The summed E-state index contributed by atoms with van der Waals surface area (Å²) < 4.78 is 5.45. The van der Waals surface area contributed by atoms with Crippen LogP contribution in [-0.2, 0) is 4.79 Å². The fourth-order valence-corrected chi connectivity index (χ4v) is 1.10. The fraction of sp³-hybridized carbons (Fsp3) is 0.250. The molecular weight excluding hydrogens is 190 g/mol. The van der Waals surface area contributed by atoms with Crippen LogP contribution >= 0.6 is 0 Å². The first-order valence-electron chi connectivity index (χ1n) is 4.86. The van der Waals surface area contributed by atoms with Crippen molar-refractivity contribution < 1.29 is 9.53 Å². The Morgan fingerprint density at radius 1 is 1.33 bits per heavy atom. The highest BCUT2D eigenvalue weighted by Crippen LogP contribution is 2.12. The molecule has 0 radical (unpaired) electrons. The van der Waals surface area contributed by atoms with E-state index in [0.29, 0.717) is 6.61 Å². The molecule has 3 nitrogen and oxygen atoms in total. The fourth-order valence-electron chi connectivity index (χ4n) is 1.10. The molecule has 0 atom stereocenters. The Labute approximate surface area is 89.8 Å². The Hall–Kier alpha value is -1.61. The molecule has 0 fully saturated rings. The van der Waals surface area contributed by atoms with Crippen molar-refractivity contribution in [1.82, 2.24) is 5.32 Å². The lowest BCUT2D eigenvalue weighted by atomic mass is 10.2. The standard InChI is InChI=1S/C12H15NO2/c1-13-8-10-15-12-6-4-11(5-7-12)3-2-9-14/h2-7,9,13H,8,10H2,1H3. The maximum absolute atomic E-state index is 10.1. The third-order valence-electron chi connectivity index (χ3n) is 1.87. The van der Waals surface area contributed by atoms with Crippen LogP contribution in [0.1, 0.15) is 5.56 Å². The van der Waals surface area contributed by atoms with E-state index in [0.717, 1.165) is 24.1 Å². The number of carbonyl (C=O) groups is 1. The molecule has 0 bridgehead atoms. The van der Waals surface area contributed by atoms with E-state index in [1.54, 1.807) is 6.08 Å². The topological polar surface area (TPSA) is 38.3 Å². The van der Waals surface area contributed by atoms with Gasteiger partial charge in [-0.15, -0.1) is 0 Å². The van der Waals surface area contributed by atoms with Crippen LogP contribution in [0, 0.1) is 0 Å². The van der Waals surface area contributed by atoms with Crippen molar-refractivity contribution in [3.05, 3.63) is 35.9 Å². The van der Waals surface area contributed by atoms with Crippen LogP contribution in [0.4, 0.5) is 0 Å². The highest BCUT2D eigenvalue weighted by molar-refractivity contribution is 5.73. The summed E-state index contributed by atoms with van der Waals surface area (Å²) in [6.45, 7) is 1.48. The van der Waals surface area contributed by atoms with Gasteiger partial charge in [-0.25, -0.2) is 0 Å². The molecular formula is C12H15NO2. The van der Waals surface area contributed by atoms with Gasteiger partial charge in [0.25, 0.3) is 0 Å². The lowest BCUT2D eigenvalue weighted by molar-refractivity contribution is -0.104. The molecule has 1 rings (SSSR count). The van der Waals surface area contributed by atoms with E-state index in [-0.39, 0.29) is 0 Å². The summed E-state index contributed by atoms with van der Waals surface area (Å²) in [5.74, 6) is 0.841. The molecule has 0 aromatic heterocycles. The van der Waals surface area contributed by atoms with Gasteiger partial charge in [0.2, 0.25) is 0 Å². The van der Waals surface area contributed by atoms with E-state index in [1.165, 1.54) is 6.08 Å². The third-order valence-corrected chi connectivity index (χ3v) is 1.87. The van der Waals surface area contributed by atoms with E-state index in [1.807, 2.05) is 31.3 Å². The third kappa shape index (κ3) is 4.42. The minimum Gasteiger partial charge on any atom is -0.492 e. The lowest BCUT2D eigenvalue weighted by Gasteiger charge is -2.05. The molecule has 1 N–H and O–H groups in total. The number of rotatable bonds is 6. The highest BCUT2D eigenvalue weighted by atomic mass is 16.5. The summed E-state index contributed by atoms with van der Waals surface area (Å²) in [4.78, 5) is 10.1. The molecule has 3 heteroatoms. The first kappa shape index (κ1) is 11.5. The van der Waals surface area contributed by atoms with E-state index in [4.69, 9.17) is 4.74 Å². The Balaban J connectivity index is 2.48. The number of hydrogen-bond donors (Lipinski definition) is 1. The molecule has 0 aliphatic carbocycles. The van der Waals surface area contributed by atoms with Crippen molar-refractivity contribution in [2.24, 2.45) is 0 Å². The average Bonchev–Trinajstić information content (AvgIpc) is 2.28. The summed E-state index contributed by atoms with van der Waals surface area (Å²) >= 11 is 0. The van der Waals surface area contributed by atoms with Crippen molar-refractivity contribution in [2.45, 2.75) is 0 Å². The quantitative estimate of drug-likeness (QED) is 0.434. The molecule has 0 unspecified atom stereocenters. The molecule has 15 heavy (non-hydrogen) atoms. The van der Waals surface area contributed by atoms with Crippen LogP contribution in [0.15, 0.2) is 30.3 Å². The summed E-state index contributed by atoms with van der Waals surface area (Å²) in [7, 11) is 1.89. The predicted octanol–water partition coefficient (Wildman–Crippen LogP) is 1.50. The molecule has 80 valence electrons. The van der Waals surface area contributed by atoms with Crippen molar-refractivity contribution in [3.63, 3.8) is 0 Å². The maximum Gasteiger partial charge on any atom is 0.142 e. The minimum absolute atomic E-state index is 0.653. The van der Waals surface area contributed by atoms with E-state index >= 15 is 0 Å². The molecule has 1 aromatic carbocycles. The monoisotopic (exact) mass is 205 g/mol. The Morgan fingerprint density at radius 2 is 2.07 bits per heavy atom. The number of allylic oxidation sites excluding steroid dienone is 1. The second-order valence-electron chi connectivity index (χ2n) is 3.02. The molecule has 0 spiro atoms. The number of aldehydes is 1. The van der Waals surface area contributed by atoms with Gasteiger partial charge in [0, 0.05) is 6.54 Å². The maximum atomic E-state index is 10.1. The van der Waals surface area contributed by atoms with Gasteiger partial charge < -0.3 is 10.1 Å². The van der Waals surface area contributed by atoms with Crippen LogP contribution < -0.4 is 10.1 Å². The largest absolute Gasteiger partial charge is 0.492 e. The van der Waals surface area contributed by atoms with Gasteiger partial charge in [-0.3, -0.25) is 4.79 Å². The summed E-state index contributed by atoms with van der Waals surface area (Å²) in [5.41, 5.74) is 0.989. The van der Waals surface area contributed by atoms with Crippen molar-refractivity contribution in [1.29, 1.82) is 0 Å². The van der Waals surface area contributed by atoms with Gasteiger partial charge >= 0.3 is 0 Å². The lowest BCUT2D eigenvalue weighted by Crippen LogP contribution is -2.15. The minimum atomic E-state index is 0.653. The molecule has 0 saturated carbocycles.